The van der Waals surface area contributed by atoms with Crippen LogP contribution >= 0.6 is 0 Å². The van der Waals surface area contributed by atoms with Crippen LogP contribution in [0.4, 0.5) is 0 Å². The Kier molecular flexibility index (Phi) is 5.16. The van der Waals surface area contributed by atoms with Crippen LogP contribution < -0.4 is 4.74 Å². The molecule has 1 atom stereocenters. The Morgan fingerprint density at radius 1 is 1.32 bits per heavy atom. The fraction of sp³-hybridized carbons (Fsp3) is 0.588. The zero-order valence-corrected chi connectivity index (χ0v) is 13.0. The standard InChI is InChI=1S/C17H26O2/c1-12(9-13(2)18)10-14-7-8-16(19-6)15(11-14)17(3,4)5/h7-8,11-12H,9-10H2,1-6H3. The Labute approximate surface area is 117 Å². The molecule has 0 fully saturated rings. The Bertz CT molecular complexity index is 441. The molecule has 19 heavy (non-hydrogen) atoms. The van der Waals surface area contributed by atoms with Gasteiger partial charge in [0, 0.05) is 6.42 Å². The van der Waals surface area contributed by atoms with Gasteiger partial charge in [-0.05, 0) is 41.9 Å². The summed E-state index contributed by atoms with van der Waals surface area (Å²) in [5.41, 5.74) is 2.56. The van der Waals surface area contributed by atoms with Gasteiger partial charge in [-0.3, -0.25) is 0 Å². The maximum absolute atomic E-state index is 11.2. The van der Waals surface area contributed by atoms with Crippen LogP contribution in [0.3, 0.4) is 0 Å². The van der Waals surface area contributed by atoms with Crippen LogP contribution in [0.15, 0.2) is 18.2 Å². The lowest BCUT2D eigenvalue weighted by molar-refractivity contribution is -0.117. The molecule has 0 amide bonds. The smallest absolute Gasteiger partial charge is 0.130 e. The van der Waals surface area contributed by atoms with Crippen LogP contribution in [-0.4, -0.2) is 12.9 Å². The molecular formula is C17H26O2. The average Bonchev–Trinajstić information content (AvgIpc) is 2.26. The summed E-state index contributed by atoms with van der Waals surface area (Å²) in [6, 6.07) is 6.36. The van der Waals surface area contributed by atoms with E-state index in [0.717, 1.165) is 12.2 Å². The summed E-state index contributed by atoms with van der Waals surface area (Å²) in [5.74, 6) is 1.59. The highest BCUT2D eigenvalue weighted by molar-refractivity contribution is 5.75. The molecule has 0 spiro atoms. The molecular weight excluding hydrogens is 236 g/mol. The maximum atomic E-state index is 11.2. The van der Waals surface area contributed by atoms with E-state index < -0.39 is 0 Å². The van der Waals surface area contributed by atoms with Gasteiger partial charge in [0.15, 0.2) is 0 Å². The first-order chi connectivity index (χ1) is 8.74. The fourth-order valence-electron chi connectivity index (χ4n) is 2.43. The predicted octanol–water partition coefficient (Wildman–Crippen LogP) is 4.15. The number of hydrogen-bond donors (Lipinski definition) is 0. The molecule has 1 aromatic carbocycles. The van der Waals surface area contributed by atoms with Gasteiger partial charge >= 0.3 is 0 Å². The molecule has 0 bridgehead atoms. The topological polar surface area (TPSA) is 26.3 Å². The number of hydrogen-bond acceptors (Lipinski definition) is 2. The highest BCUT2D eigenvalue weighted by Gasteiger charge is 2.19. The Morgan fingerprint density at radius 2 is 1.95 bits per heavy atom. The van der Waals surface area contributed by atoms with E-state index in [1.807, 2.05) is 6.07 Å². The molecule has 1 aromatic rings. The lowest BCUT2D eigenvalue weighted by Gasteiger charge is -2.23. The van der Waals surface area contributed by atoms with Gasteiger partial charge in [-0.1, -0.05) is 39.8 Å². The van der Waals surface area contributed by atoms with E-state index in [9.17, 15) is 4.79 Å². The molecule has 0 radical (unpaired) electrons. The zero-order valence-electron chi connectivity index (χ0n) is 13.0. The quantitative estimate of drug-likeness (QED) is 0.796. The molecule has 0 aromatic heterocycles. The van der Waals surface area contributed by atoms with Crippen molar-refractivity contribution in [3.8, 4) is 5.75 Å². The lowest BCUT2D eigenvalue weighted by Crippen LogP contribution is -2.14. The minimum absolute atomic E-state index is 0.0607. The SMILES string of the molecule is COc1ccc(CC(C)CC(C)=O)cc1C(C)(C)C. The third-order valence-electron chi connectivity index (χ3n) is 3.29. The summed E-state index contributed by atoms with van der Waals surface area (Å²) in [5, 5.41) is 0. The van der Waals surface area contributed by atoms with Crippen LogP contribution in [0.2, 0.25) is 0 Å². The molecule has 2 nitrogen and oxygen atoms in total. The molecule has 0 N–H and O–H groups in total. The minimum Gasteiger partial charge on any atom is -0.496 e. The van der Waals surface area contributed by atoms with Gasteiger partial charge in [-0.2, -0.15) is 0 Å². The molecule has 2 heteroatoms. The third kappa shape index (κ3) is 4.70. The summed E-state index contributed by atoms with van der Waals surface area (Å²) < 4.78 is 5.44. The van der Waals surface area contributed by atoms with E-state index in [1.165, 1.54) is 11.1 Å². The number of carbonyl (C=O) groups is 1. The van der Waals surface area contributed by atoms with Crippen LogP contribution in [-0.2, 0) is 16.6 Å². The van der Waals surface area contributed by atoms with Gasteiger partial charge in [0.05, 0.1) is 7.11 Å². The van der Waals surface area contributed by atoms with Gasteiger partial charge in [0.1, 0.15) is 11.5 Å². The van der Waals surface area contributed by atoms with Gasteiger partial charge in [0.2, 0.25) is 0 Å². The lowest BCUT2D eigenvalue weighted by atomic mass is 9.84. The van der Waals surface area contributed by atoms with Crippen molar-refractivity contribution in [3.63, 3.8) is 0 Å². The van der Waals surface area contributed by atoms with Gasteiger partial charge < -0.3 is 9.53 Å². The van der Waals surface area contributed by atoms with Crippen molar-refractivity contribution in [2.24, 2.45) is 5.92 Å². The average molecular weight is 262 g/mol. The van der Waals surface area contributed by atoms with Crippen molar-refractivity contribution in [2.75, 3.05) is 7.11 Å². The summed E-state index contributed by atoms with van der Waals surface area (Å²) in [6.45, 7) is 10.3. The van der Waals surface area contributed by atoms with Crippen molar-refractivity contribution in [2.45, 2.75) is 52.9 Å². The van der Waals surface area contributed by atoms with Gasteiger partial charge in [-0.15, -0.1) is 0 Å². The van der Waals surface area contributed by atoms with E-state index in [4.69, 9.17) is 4.74 Å². The Morgan fingerprint density at radius 3 is 2.42 bits per heavy atom. The largest absolute Gasteiger partial charge is 0.496 e. The fourth-order valence-corrected chi connectivity index (χ4v) is 2.43. The van der Waals surface area contributed by atoms with Crippen molar-refractivity contribution >= 4 is 5.78 Å². The summed E-state index contributed by atoms with van der Waals surface area (Å²) in [7, 11) is 1.71. The van der Waals surface area contributed by atoms with E-state index in [1.54, 1.807) is 14.0 Å². The van der Waals surface area contributed by atoms with Crippen molar-refractivity contribution in [3.05, 3.63) is 29.3 Å². The van der Waals surface area contributed by atoms with E-state index in [0.29, 0.717) is 12.3 Å². The van der Waals surface area contributed by atoms with Crippen LogP contribution in [0.5, 0.6) is 5.75 Å². The first kappa shape index (κ1) is 15.7. The Hall–Kier alpha value is -1.31. The number of methoxy groups -OCH3 is 1. The van der Waals surface area contributed by atoms with Crippen molar-refractivity contribution < 1.29 is 9.53 Å². The number of carbonyl (C=O) groups excluding carboxylic acids is 1. The zero-order chi connectivity index (χ0) is 14.6. The highest BCUT2D eigenvalue weighted by Crippen LogP contribution is 2.32. The number of rotatable bonds is 5. The number of benzene rings is 1. The predicted molar refractivity (Wildman–Crippen MR) is 79.9 cm³/mol. The van der Waals surface area contributed by atoms with Crippen LogP contribution in [0.1, 0.15) is 52.2 Å². The third-order valence-corrected chi connectivity index (χ3v) is 3.29. The van der Waals surface area contributed by atoms with Crippen molar-refractivity contribution in [1.29, 1.82) is 0 Å². The van der Waals surface area contributed by atoms with E-state index in [-0.39, 0.29) is 11.2 Å². The Balaban J connectivity index is 2.96. The normalized spacial score (nSPS) is 13.2. The summed E-state index contributed by atoms with van der Waals surface area (Å²) in [6.07, 6.45) is 1.59. The van der Waals surface area contributed by atoms with E-state index >= 15 is 0 Å². The molecule has 0 aliphatic rings. The van der Waals surface area contributed by atoms with Gasteiger partial charge in [-0.25, -0.2) is 0 Å². The molecule has 0 aliphatic heterocycles. The second-order valence-electron chi connectivity index (χ2n) is 6.50. The number of ketones is 1. The number of Topliss-reactive ketones (excluding diaryl/α,β-unsaturated/α-hetero) is 1. The van der Waals surface area contributed by atoms with Gasteiger partial charge in [0.25, 0.3) is 0 Å². The molecule has 1 unspecified atom stereocenters. The first-order valence-corrected chi connectivity index (χ1v) is 6.91. The molecule has 106 valence electrons. The number of ether oxygens (including phenoxy) is 1. The molecule has 0 aliphatic carbocycles. The molecule has 0 saturated carbocycles. The molecule has 0 heterocycles. The molecule has 0 saturated heterocycles. The van der Waals surface area contributed by atoms with E-state index in [2.05, 4.69) is 39.8 Å². The summed E-state index contributed by atoms with van der Waals surface area (Å²) >= 11 is 0. The second kappa shape index (κ2) is 6.23. The van der Waals surface area contributed by atoms with Crippen LogP contribution in [0, 0.1) is 5.92 Å². The summed E-state index contributed by atoms with van der Waals surface area (Å²) in [4.78, 5) is 11.2. The second-order valence-corrected chi connectivity index (χ2v) is 6.50. The molecule has 1 rings (SSSR count). The van der Waals surface area contributed by atoms with Crippen LogP contribution in [0.25, 0.3) is 0 Å². The first-order valence-electron chi connectivity index (χ1n) is 6.91. The monoisotopic (exact) mass is 262 g/mol. The highest BCUT2D eigenvalue weighted by atomic mass is 16.5. The minimum atomic E-state index is 0.0607. The van der Waals surface area contributed by atoms with Crippen molar-refractivity contribution in [1.82, 2.24) is 0 Å². The maximum Gasteiger partial charge on any atom is 0.130 e.